The minimum absolute atomic E-state index is 0.00580. The van der Waals surface area contributed by atoms with Gasteiger partial charge >= 0.3 is 5.97 Å². The van der Waals surface area contributed by atoms with Crippen molar-refractivity contribution in [3.63, 3.8) is 0 Å². The lowest BCUT2D eigenvalue weighted by Gasteiger charge is -2.06. The molecule has 0 bridgehead atoms. The summed E-state index contributed by atoms with van der Waals surface area (Å²) in [6.45, 7) is 10.3. The van der Waals surface area contributed by atoms with Crippen LogP contribution in [0.4, 0.5) is 0 Å². The second kappa shape index (κ2) is 6.30. The van der Waals surface area contributed by atoms with Gasteiger partial charge in [-0.1, -0.05) is 56.3 Å². The fraction of sp³-hybridized carbons (Fsp3) is 0.421. The van der Waals surface area contributed by atoms with Gasteiger partial charge in [-0.05, 0) is 35.8 Å². The first-order valence-corrected chi connectivity index (χ1v) is 7.49. The quantitative estimate of drug-likeness (QED) is 0.575. The van der Waals surface area contributed by atoms with Gasteiger partial charge in [0.15, 0.2) is 0 Å². The molecule has 0 saturated heterocycles. The van der Waals surface area contributed by atoms with Gasteiger partial charge in [-0.25, -0.2) is 0 Å². The van der Waals surface area contributed by atoms with Crippen molar-refractivity contribution in [2.45, 2.75) is 33.8 Å². The van der Waals surface area contributed by atoms with Crippen molar-refractivity contribution in [1.82, 2.24) is 0 Å². The number of carbonyl (C=O) groups is 1. The SMILES string of the molecule is C=CCc1ccc(COC(=O)[C@H]2[C@H](/C=C/C)C2(C)C)cc1. The molecular weight excluding hydrogens is 260 g/mol. The molecule has 0 amide bonds. The Morgan fingerprint density at radius 3 is 2.48 bits per heavy atom. The Labute approximate surface area is 127 Å². The van der Waals surface area contributed by atoms with Crippen LogP contribution in [0.1, 0.15) is 31.9 Å². The fourth-order valence-electron chi connectivity index (χ4n) is 2.88. The van der Waals surface area contributed by atoms with Gasteiger partial charge in [-0.15, -0.1) is 6.58 Å². The van der Waals surface area contributed by atoms with Crippen LogP contribution in [0.2, 0.25) is 0 Å². The van der Waals surface area contributed by atoms with Crippen molar-refractivity contribution in [1.29, 1.82) is 0 Å². The van der Waals surface area contributed by atoms with Crippen LogP contribution in [0.5, 0.6) is 0 Å². The number of allylic oxidation sites excluding steroid dienone is 3. The summed E-state index contributed by atoms with van der Waals surface area (Å²) < 4.78 is 5.47. The van der Waals surface area contributed by atoms with E-state index in [2.05, 4.69) is 38.6 Å². The summed E-state index contributed by atoms with van der Waals surface area (Å²) in [5.41, 5.74) is 2.27. The molecule has 1 aliphatic rings. The van der Waals surface area contributed by atoms with Crippen molar-refractivity contribution in [2.24, 2.45) is 17.3 Å². The first kappa shape index (κ1) is 15.6. The standard InChI is InChI=1S/C19H24O2/c1-5-7-14-9-11-15(12-10-14)13-21-18(20)17-16(8-6-2)19(17,3)4/h5-6,8-12,16-17H,1,7,13H2,2-4H3/b8-6+/t16-,17+/m0/s1. The third kappa shape index (κ3) is 3.44. The van der Waals surface area contributed by atoms with Crippen molar-refractivity contribution in [2.75, 3.05) is 0 Å². The van der Waals surface area contributed by atoms with E-state index in [-0.39, 0.29) is 17.3 Å². The minimum Gasteiger partial charge on any atom is -0.461 e. The molecule has 0 aromatic heterocycles. The Hall–Kier alpha value is -1.83. The number of hydrogen-bond acceptors (Lipinski definition) is 2. The highest BCUT2D eigenvalue weighted by Gasteiger charge is 2.61. The van der Waals surface area contributed by atoms with Crippen LogP contribution < -0.4 is 0 Å². The Morgan fingerprint density at radius 2 is 1.90 bits per heavy atom. The minimum atomic E-state index is -0.0849. The lowest BCUT2D eigenvalue weighted by molar-refractivity contribution is -0.147. The molecule has 0 N–H and O–H groups in total. The number of rotatable bonds is 6. The van der Waals surface area contributed by atoms with E-state index in [1.165, 1.54) is 5.56 Å². The highest BCUT2D eigenvalue weighted by molar-refractivity contribution is 5.78. The summed E-state index contributed by atoms with van der Waals surface area (Å²) in [6, 6.07) is 8.12. The fourth-order valence-corrected chi connectivity index (χ4v) is 2.88. The van der Waals surface area contributed by atoms with E-state index in [0.29, 0.717) is 12.5 Å². The average molecular weight is 284 g/mol. The monoisotopic (exact) mass is 284 g/mol. The molecule has 2 heteroatoms. The molecule has 1 aliphatic carbocycles. The molecule has 1 aromatic rings. The zero-order valence-corrected chi connectivity index (χ0v) is 13.1. The van der Waals surface area contributed by atoms with Crippen LogP contribution >= 0.6 is 0 Å². The van der Waals surface area contributed by atoms with Gasteiger partial charge in [-0.3, -0.25) is 4.79 Å². The topological polar surface area (TPSA) is 26.3 Å². The molecule has 2 atom stereocenters. The number of hydrogen-bond donors (Lipinski definition) is 0. The van der Waals surface area contributed by atoms with Crippen LogP contribution in [0.25, 0.3) is 0 Å². The third-order valence-electron chi connectivity index (χ3n) is 4.35. The van der Waals surface area contributed by atoms with Crippen LogP contribution in [-0.4, -0.2) is 5.97 Å². The second-order valence-corrected chi connectivity index (χ2v) is 6.27. The summed E-state index contributed by atoms with van der Waals surface area (Å²) in [4.78, 5) is 12.2. The zero-order valence-electron chi connectivity index (χ0n) is 13.1. The van der Waals surface area contributed by atoms with Gasteiger partial charge in [0.05, 0.1) is 5.92 Å². The van der Waals surface area contributed by atoms with E-state index in [4.69, 9.17) is 4.74 Å². The molecular formula is C19H24O2. The highest BCUT2D eigenvalue weighted by Crippen LogP contribution is 2.59. The summed E-state index contributed by atoms with van der Waals surface area (Å²) in [7, 11) is 0. The van der Waals surface area contributed by atoms with Gasteiger partial charge in [0.2, 0.25) is 0 Å². The molecule has 1 aromatic carbocycles. The van der Waals surface area contributed by atoms with Crippen LogP contribution in [0.3, 0.4) is 0 Å². The van der Waals surface area contributed by atoms with E-state index >= 15 is 0 Å². The first-order valence-electron chi connectivity index (χ1n) is 7.49. The smallest absolute Gasteiger partial charge is 0.310 e. The van der Waals surface area contributed by atoms with Crippen molar-refractivity contribution < 1.29 is 9.53 Å². The Kier molecular flexibility index (Phi) is 4.66. The van der Waals surface area contributed by atoms with E-state index in [9.17, 15) is 4.79 Å². The number of ether oxygens (including phenoxy) is 1. The summed E-state index contributed by atoms with van der Waals surface area (Å²) in [6.07, 6.45) is 6.86. The molecule has 0 spiro atoms. The Morgan fingerprint density at radius 1 is 1.29 bits per heavy atom. The van der Waals surface area contributed by atoms with Crippen LogP contribution in [-0.2, 0) is 22.6 Å². The number of benzene rings is 1. The second-order valence-electron chi connectivity index (χ2n) is 6.27. The van der Waals surface area contributed by atoms with Crippen LogP contribution in [0, 0.1) is 17.3 Å². The molecule has 1 saturated carbocycles. The number of carbonyl (C=O) groups excluding carboxylic acids is 1. The predicted molar refractivity (Wildman–Crippen MR) is 85.7 cm³/mol. The van der Waals surface area contributed by atoms with Gasteiger partial charge in [0, 0.05) is 0 Å². The molecule has 0 aliphatic heterocycles. The van der Waals surface area contributed by atoms with Gasteiger partial charge < -0.3 is 4.74 Å². The van der Waals surface area contributed by atoms with Gasteiger partial charge in [-0.2, -0.15) is 0 Å². The van der Waals surface area contributed by atoms with Crippen LogP contribution in [0.15, 0.2) is 49.1 Å². The van der Waals surface area contributed by atoms with E-state index in [1.54, 1.807) is 0 Å². The molecule has 0 radical (unpaired) electrons. The van der Waals surface area contributed by atoms with E-state index < -0.39 is 0 Å². The predicted octanol–water partition coefficient (Wildman–Crippen LogP) is 4.31. The van der Waals surface area contributed by atoms with E-state index in [1.807, 2.05) is 31.2 Å². The van der Waals surface area contributed by atoms with Crippen molar-refractivity contribution in [3.8, 4) is 0 Å². The molecule has 0 heterocycles. The summed E-state index contributed by atoms with van der Waals surface area (Å²) in [5.74, 6) is 0.219. The van der Waals surface area contributed by atoms with Gasteiger partial charge in [0.1, 0.15) is 6.61 Å². The largest absolute Gasteiger partial charge is 0.461 e. The maximum Gasteiger partial charge on any atom is 0.310 e. The molecule has 21 heavy (non-hydrogen) atoms. The Balaban J connectivity index is 1.88. The molecule has 2 nitrogen and oxygen atoms in total. The zero-order chi connectivity index (χ0) is 15.5. The first-order chi connectivity index (χ1) is 10.0. The normalized spacial score (nSPS) is 23.0. The third-order valence-corrected chi connectivity index (χ3v) is 4.35. The van der Waals surface area contributed by atoms with Crippen molar-refractivity contribution in [3.05, 3.63) is 60.2 Å². The maximum absolute atomic E-state index is 12.2. The molecule has 0 unspecified atom stereocenters. The average Bonchev–Trinajstić information content (AvgIpc) is 3.00. The number of esters is 1. The highest BCUT2D eigenvalue weighted by atomic mass is 16.5. The molecule has 1 fully saturated rings. The lowest BCUT2D eigenvalue weighted by atomic mass is 10.1. The summed E-state index contributed by atoms with van der Waals surface area (Å²) in [5, 5.41) is 0. The Bertz CT molecular complexity index is 537. The summed E-state index contributed by atoms with van der Waals surface area (Å²) >= 11 is 0. The van der Waals surface area contributed by atoms with Gasteiger partial charge in [0.25, 0.3) is 0 Å². The van der Waals surface area contributed by atoms with Crippen molar-refractivity contribution >= 4 is 5.97 Å². The lowest BCUT2D eigenvalue weighted by Crippen LogP contribution is -2.10. The molecule has 2 rings (SSSR count). The molecule has 112 valence electrons. The van der Waals surface area contributed by atoms with E-state index in [0.717, 1.165) is 12.0 Å². The maximum atomic E-state index is 12.2.